The Labute approximate surface area is 174 Å². The Morgan fingerprint density at radius 3 is 2.43 bits per heavy atom. The quantitative estimate of drug-likeness (QED) is 0.583. The van der Waals surface area contributed by atoms with Crippen LogP contribution in [0.15, 0.2) is 59.1 Å². The summed E-state index contributed by atoms with van der Waals surface area (Å²) in [6, 6.07) is 14.7. The second-order valence-corrected chi connectivity index (χ2v) is 8.39. The Morgan fingerprint density at radius 2 is 1.83 bits per heavy atom. The molecule has 0 unspecified atom stereocenters. The van der Waals surface area contributed by atoms with Crippen LogP contribution in [0.1, 0.15) is 12.8 Å². The Balaban J connectivity index is 1.70. The first-order chi connectivity index (χ1) is 14.3. The number of anilines is 1. The van der Waals surface area contributed by atoms with Crippen molar-refractivity contribution in [1.82, 2.24) is 15.5 Å². The molecule has 0 spiro atoms. The molecule has 3 rings (SSSR count). The number of rotatable bonds is 8. The molecule has 0 aliphatic heterocycles. The first-order valence-electron chi connectivity index (χ1n) is 9.09. The van der Waals surface area contributed by atoms with Gasteiger partial charge in [0, 0.05) is 5.56 Å². The van der Waals surface area contributed by atoms with Gasteiger partial charge in [0.05, 0.1) is 25.6 Å². The number of ether oxygens (including phenoxy) is 1. The second kappa shape index (κ2) is 8.95. The predicted octanol–water partition coefficient (Wildman–Crippen LogP) is 2.22. The molecule has 1 aromatic heterocycles. The summed E-state index contributed by atoms with van der Waals surface area (Å²) in [6.07, 6.45) is 1.05. The fraction of sp³-hybridized carbons (Fsp3) is 0.250. The predicted molar refractivity (Wildman–Crippen MR) is 111 cm³/mol. The van der Waals surface area contributed by atoms with Gasteiger partial charge in [0.1, 0.15) is 11.8 Å². The third-order valence-corrected chi connectivity index (χ3v) is 5.57. The molecule has 1 N–H and O–H groups in total. The lowest BCUT2D eigenvalue weighted by Crippen LogP contribution is -2.47. The summed E-state index contributed by atoms with van der Waals surface area (Å²) < 4.78 is 36.0. The van der Waals surface area contributed by atoms with Gasteiger partial charge in [0.25, 0.3) is 0 Å². The topological polar surface area (TPSA) is 115 Å². The van der Waals surface area contributed by atoms with Gasteiger partial charge in [-0.05, 0) is 31.2 Å². The van der Waals surface area contributed by atoms with E-state index in [4.69, 9.17) is 9.26 Å². The first-order valence-corrected chi connectivity index (χ1v) is 10.9. The van der Waals surface area contributed by atoms with E-state index < -0.39 is 22.0 Å². The number of aromatic nitrogens is 2. The summed E-state index contributed by atoms with van der Waals surface area (Å²) >= 11 is 0. The lowest BCUT2D eigenvalue weighted by Gasteiger charge is -2.28. The third-order valence-electron chi connectivity index (χ3n) is 4.33. The summed E-state index contributed by atoms with van der Waals surface area (Å²) in [7, 11) is -2.20. The number of hydrogen-bond acceptors (Lipinski definition) is 7. The average Bonchev–Trinajstić information content (AvgIpc) is 3.21. The van der Waals surface area contributed by atoms with Crippen LogP contribution in [0.3, 0.4) is 0 Å². The number of sulfonamides is 1. The summed E-state index contributed by atoms with van der Waals surface area (Å²) in [6.45, 7) is 1.48. The van der Waals surface area contributed by atoms with E-state index in [0.717, 1.165) is 16.1 Å². The van der Waals surface area contributed by atoms with Gasteiger partial charge in [-0.3, -0.25) is 9.10 Å². The maximum atomic E-state index is 12.6. The zero-order valence-electron chi connectivity index (χ0n) is 16.8. The first kappa shape index (κ1) is 21.3. The number of carbonyl (C=O) groups is 1. The number of carbonyl (C=O) groups excluding carboxylic acids is 1. The molecule has 3 aromatic rings. The van der Waals surface area contributed by atoms with E-state index in [9.17, 15) is 13.2 Å². The average molecular weight is 430 g/mol. The summed E-state index contributed by atoms with van der Waals surface area (Å²) in [5.74, 6) is 0.694. The zero-order chi connectivity index (χ0) is 21.7. The molecule has 10 heteroatoms. The van der Waals surface area contributed by atoms with E-state index in [2.05, 4.69) is 15.5 Å². The van der Waals surface area contributed by atoms with Crippen LogP contribution in [-0.2, 0) is 21.4 Å². The zero-order valence-corrected chi connectivity index (χ0v) is 17.6. The standard InChI is InChI=1S/C20H22N4O5S/c1-14(24(30(3,26)27)16-9-11-17(28-2)12-10-16)20(25)21-13-18-22-19(23-29-18)15-7-5-4-6-8-15/h4-12,14H,13H2,1-3H3,(H,21,25)/t14-/m0/s1. The van der Waals surface area contributed by atoms with Gasteiger partial charge >= 0.3 is 0 Å². The van der Waals surface area contributed by atoms with Gasteiger partial charge in [0.15, 0.2) is 0 Å². The van der Waals surface area contributed by atoms with E-state index in [0.29, 0.717) is 17.3 Å². The van der Waals surface area contributed by atoms with E-state index >= 15 is 0 Å². The Morgan fingerprint density at radius 1 is 1.17 bits per heavy atom. The van der Waals surface area contributed by atoms with Gasteiger partial charge < -0.3 is 14.6 Å². The van der Waals surface area contributed by atoms with Crippen molar-refractivity contribution in [1.29, 1.82) is 0 Å². The molecular weight excluding hydrogens is 408 g/mol. The molecule has 9 nitrogen and oxygen atoms in total. The van der Waals surface area contributed by atoms with Crippen LogP contribution in [-0.4, -0.2) is 43.9 Å². The van der Waals surface area contributed by atoms with Crippen LogP contribution in [0.2, 0.25) is 0 Å². The summed E-state index contributed by atoms with van der Waals surface area (Å²) in [5, 5.41) is 6.53. The Hall–Kier alpha value is -3.40. The maximum Gasteiger partial charge on any atom is 0.246 e. The fourth-order valence-corrected chi connectivity index (χ4v) is 4.05. The highest BCUT2D eigenvalue weighted by Gasteiger charge is 2.29. The number of nitrogens with zero attached hydrogens (tertiary/aromatic N) is 3. The smallest absolute Gasteiger partial charge is 0.246 e. The molecule has 2 aromatic carbocycles. The normalized spacial score (nSPS) is 12.2. The Kier molecular flexibility index (Phi) is 6.36. The lowest BCUT2D eigenvalue weighted by atomic mass is 10.2. The molecule has 1 atom stereocenters. The van der Waals surface area contributed by atoms with Crippen LogP contribution in [0.25, 0.3) is 11.4 Å². The van der Waals surface area contributed by atoms with Crippen molar-refractivity contribution in [2.45, 2.75) is 19.5 Å². The van der Waals surface area contributed by atoms with Gasteiger partial charge in [-0.15, -0.1) is 0 Å². The Bertz CT molecular complexity index is 1100. The highest BCUT2D eigenvalue weighted by molar-refractivity contribution is 7.92. The minimum atomic E-state index is -3.72. The minimum absolute atomic E-state index is 0.0246. The molecule has 30 heavy (non-hydrogen) atoms. The molecule has 0 bridgehead atoms. The van der Waals surface area contributed by atoms with E-state index in [1.54, 1.807) is 24.3 Å². The van der Waals surface area contributed by atoms with E-state index in [-0.39, 0.29) is 12.4 Å². The second-order valence-electron chi connectivity index (χ2n) is 6.53. The van der Waals surface area contributed by atoms with E-state index in [1.165, 1.54) is 14.0 Å². The largest absolute Gasteiger partial charge is 0.497 e. The van der Waals surface area contributed by atoms with Crippen molar-refractivity contribution in [3.63, 3.8) is 0 Å². The molecule has 0 aliphatic carbocycles. The van der Waals surface area contributed by atoms with Crippen molar-refractivity contribution in [3.05, 3.63) is 60.5 Å². The molecule has 0 saturated carbocycles. The highest BCUT2D eigenvalue weighted by Crippen LogP contribution is 2.24. The van der Waals surface area contributed by atoms with Crippen molar-refractivity contribution in [3.8, 4) is 17.1 Å². The van der Waals surface area contributed by atoms with Gasteiger partial charge in [-0.1, -0.05) is 35.5 Å². The number of benzene rings is 2. The van der Waals surface area contributed by atoms with Gasteiger partial charge in [-0.2, -0.15) is 4.98 Å². The molecule has 0 aliphatic rings. The number of nitrogens with one attached hydrogen (secondary N) is 1. The number of amides is 1. The van der Waals surface area contributed by atoms with Crippen molar-refractivity contribution in [2.75, 3.05) is 17.7 Å². The minimum Gasteiger partial charge on any atom is -0.497 e. The van der Waals surface area contributed by atoms with Crippen LogP contribution in [0.5, 0.6) is 5.75 Å². The van der Waals surface area contributed by atoms with Crippen LogP contribution in [0.4, 0.5) is 5.69 Å². The van der Waals surface area contributed by atoms with Crippen molar-refractivity contribution >= 4 is 21.6 Å². The molecule has 158 valence electrons. The molecule has 1 amide bonds. The summed E-state index contributed by atoms with van der Waals surface area (Å²) in [4.78, 5) is 16.9. The fourth-order valence-electron chi connectivity index (χ4n) is 2.88. The number of hydrogen-bond donors (Lipinski definition) is 1. The molecule has 0 radical (unpaired) electrons. The third kappa shape index (κ3) is 4.95. The monoisotopic (exact) mass is 430 g/mol. The molecule has 1 heterocycles. The van der Waals surface area contributed by atoms with Crippen molar-refractivity contribution < 1.29 is 22.5 Å². The molecule has 0 saturated heterocycles. The SMILES string of the molecule is COc1ccc(N([C@@H](C)C(=O)NCc2nc(-c3ccccc3)no2)S(C)(=O)=O)cc1. The summed E-state index contributed by atoms with van der Waals surface area (Å²) in [5.41, 5.74) is 1.14. The molecular formula is C20H22N4O5S. The van der Waals surface area contributed by atoms with Gasteiger partial charge in [0.2, 0.25) is 27.6 Å². The van der Waals surface area contributed by atoms with E-state index in [1.807, 2.05) is 30.3 Å². The highest BCUT2D eigenvalue weighted by atomic mass is 32.2. The molecule has 0 fully saturated rings. The van der Waals surface area contributed by atoms with Crippen LogP contribution in [0, 0.1) is 0 Å². The van der Waals surface area contributed by atoms with Crippen LogP contribution >= 0.6 is 0 Å². The van der Waals surface area contributed by atoms with Gasteiger partial charge in [-0.25, -0.2) is 8.42 Å². The lowest BCUT2D eigenvalue weighted by molar-refractivity contribution is -0.122. The van der Waals surface area contributed by atoms with Crippen LogP contribution < -0.4 is 14.4 Å². The maximum absolute atomic E-state index is 12.6. The van der Waals surface area contributed by atoms with Crippen molar-refractivity contribution in [2.24, 2.45) is 0 Å². The number of methoxy groups -OCH3 is 1.